The van der Waals surface area contributed by atoms with Gasteiger partial charge >= 0.3 is 0 Å². The zero-order valence-electron chi connectivity index (χ0n) is 12.1. The van der Waals surface area contributed by atoms with Crippen molar-refractivity contribution in [3.8, 4) is 11.8 Å². The molecular formula is C15H20N2O2. The highest BCUT2D eigenvalue weighted by molar-refractivity contribution is 5.80. The lowest BCUT2D eigenvalue weighted by atomic mass is 10.1. The number of ether oxygens (including phenoxy) is 1. The van der Waals surface area contributed by atoms with Crippen LogP contribution in [0.2, 0.25) is 0 Å². The lowest BCUT2D eigenvalue weighted by Gasteiger charge is -2.01. The van der Waals surface area contributed by atoms with Crippen LogP contribution in [-0.2, 0) is 0 Å². The van der Waals surface area contributed by atoms with Gasteiger partial charge in [-0.3, -0.25) is 4.79 Å². The van der Waals surface area contributed by atoms with Crippen LogP contribution >= 0.6 is 0 Å². The van der Waals surface area contributed by atoms with Crippen LogP contribution < -0.4 is 10.2 Å². The number of hydrogen-bond acceptors (Lipinski definition) is 3. The summed E-state index contributed by atoms with van der Waals surface area (Å²) >= 11 is 0. The highest BCUT2D eigenvalue weighted by Crippen LogP contribution is 2.16. The Bertz CT molecular complexity index is 610. The third-order valence-corrected chi connectivity index (χ3v) is 2.21. The number of nitriles is 1. The second-order valence-corrected chi connectivity index (χ2v) is 3.05. The van der Waals surface area contributed by atoms with Crippen molar-refractivity contribution in [3.63, 3.8) is 0 Å². The van der Waals surface area contributed by atoms with Crippen LogP contribution in [0.1, 0.15) is 33.3 Å². The molecule has 1 aromatic carbocycles. The van der Waals surface area contributed by atoms with Gasteiger partial charge < -0.3 is 9.72 Å². The number of H-pyrrole nitrogens is 1. The van der Waals surface area contributed by atoms with Gasteiger partial charge in [0.25, 0.3) is 0 Å². The van der Waals surface area contributed by atoms with Gasteiger partial charge in [0, 0.05) is 17.6 Å². The molecule has 0 aliphatic heterocycles. The van der Waals surface area contributed by atoms with Gasteiger partial charge in [-0.15, -0.1) is 0 Å². The number of aromatic amines is 1. The number of rotatable bonds is 1. The molecule has 2 rings (SSSR count). The monoisotopic (exact) mass is 260 g/mol. The number of pyridine rings is 1. The quantitative estimate of drug-likeness (QED) is 0.853. The van der Waals surface area contributed by atoms with Crippen molar-refractivity contribution < 1.29 is 4.74 Å². The molecule has 0 amide bonds. The Morgan fingerprint density at radius 2 is 1.84 bits per heavy atom. The van der Waals surface area contributed by atoms with Gasteiger partial charge in [0.1, 0.15) is 17.4 Å². The summed E-state index contributed by atoms with van der Waals surface area (Å²) in [6, 6.07) is 6.90. The number of nitrogens with zero attached hydrogens (tertiary/aromatic N) is 1. The van der Waals surface area contributed by atoms with E-state index in [0.29, 0.717) is 16.7 Å². The van der Waals surface area contributed by atoms with Crippen molar-refractivity contribution >= 4 is 10.9 Å². The summed E-state index contributed by atoms with van der Waals surface area (Å²) in [6.07, 6.45) is 1.41. The van der Waals surface area contributed by atoms with Crippen LogP contribution in [0.5, 0.6) is 5.75 Å². The van der Waals surface area contributed by atoms with Crippen molar-refractivity contribution in [3.05, 3.63) is 40.2 Å². The molecule has 4 heteroatoms. The minimum Gasteiger partial charge on any atom is -0.497 e. The van der Waals surface area contributed by atoms with E-state index < -0.39 is 0 Å². The van der Waals surface area contributed by atoms with Crippen LogP contribution in [0.25, 0.3) is 10.9 Å². The van der Waals surface area contributed by atoms with Crippen LogP contribution in [0.4, 0.5) is 0 Å². The lowest BCUT2D eigenvalue weighted by molar-refractivity contribution is 0.415. The average Bonchev–Trinajstić information content (AvgIpc) is 2.51. The van der Waals surface area contributed by atoms with Gasteiger partial charge in [0.15, 0.2) is 0 Å². The lowest BCUT2D eigenvalue weighted by Crippen LogP contribution is -2.06. The van der Waals surface area contributed by atoms with Gasteiger partial charge in [-0.1, -0.05) is 27.7 Å². The number of methoxy groups -OCH3 is 1. The Morgan fingerprint density at radius 3 is 2.37 bits per heavy atom. The van der Waals surface area contributed by atoms with Crippen molar-refractivity contribution in [1.82, 2.24) is 4.98 Å². The molecule has 0 aliphatic rings. The zero-order valence-corrected chi connectivity index (χ0v) is 12.1. The number of nitrogens with one attached hydrogen (secondary N) is 1. The molecule has 1 heterocycles. The molecular weight excluding hydrogens is 240 g/mol. The molecule has 19 heavy (non-hydrogen) atoms. The van der Waals surface area contributed by atoms with Crippen molar-refractivity contribution in [1.29, 1.82) is 5.26 Å². The minimum atomic E-state index is -0.256. The Hall–Kier alpha value is -2.28. The van der Waals surface area contributed by atoms with E-state index in [1.165, 1.54) is 6.20 Å². The Balaban J connectivity index is 0.000000741. The summed E-state index contributed by atoms with van der Waals surface area (Å²) in [4.78, 5) is 14.6. The summed E-state index contributed by atoms with van der Waals surface area (Å²) in [5, 5.41) is 9.18. The Morgan fingerprint density at radius 1 is 1.21 bits per heavy atom. The van der Waals surface area contributed by atoms with E-state index in [2.05, 4.69) is 4.98 Å². The molecule has 0 spiro atoms. The summed E-state index contributed by atoms with van der Waals surface area (Å²) in [6.45, 7) is 8.00. The standard InChI is InChI=1S/C11H8N2O2.2C2H6/c1-15-8-2-3-9-10(4-8)13-6-7(5-12)11(9)14;2*1-2/h2-4,6H,1H3,(H,13,14);2*1-2H3. The van der Waals surface area contributed by atoms with Gasteiger partial charge in [-0.25, -0.2) is 0 Å². The number of benzene rings is 1. The second kappa shape index (κ2) is 8.76. The van der Waals surface area contributed by atoms with Crippen LogP contribution in [-0.4, -0.2) is 12.1 Å². The maximum absolute atomic E-state index is 11.7. The van der Waals surface area contributed by atoms with Crippen molar-refractivity contribution in [2.75, 3.05) is 7.11 Å². The Kier molecular flexibility index (Phi) is 7.71. The minimum absolute atomic E-state index is 0.118. The normalized spacial score (nSPS) is 8.42. The van der Waals surface area contributed by atoms with E-state index in [9.17, 15) is 4.79 Å². The predicted molar refractivity (Wildman–Crippen MR) is 78.5 cm³/mol. The molecule has 0 atom stereocenters. The number of fused-ring (bicyclic) bond motifs is 1. The first-order valence-corrected chi connectivity index (χ1v) is 6.36. The van der Waals surface area contributed by atoms with Gasteiger partial charge in [0.05, 0.1) is 12.6 Å². The van der Waals surface area contributed by atoms with Gasteiger partial charge in [-0.2, -0.15) is 5.26 Å². The van der Waals surface area contributed by atoms with Gasteiger partial charge in [0.2, 0.25) is 5.43 Å². The van der Waals surface area contributed by atoms with Gasteiger partial charge in [-0.05, 0) is 12.1 Å². The fourth-order valence-electron chi connectivity index (χ4n) is 1.41. The molecule has 1 aromatic heterocycles. The van der Waals surface area contributed by atoms with Crippen molar-refractivity contribution in [2.24, 2.45) is 0 Å². The average molecular weight is 260 g/mol. The second-order valence-electron chi connectivity index (χ2n) is 3.05. The summed E-state index contributed by atoms with van der Waals surface area (Å²) < 4.78 is 5.03. The maximum atomic E-state index is 11.7. The molecule has 0 saturated heterocycles. The molecule has 0 aliphatic carbocycles. The first-order chi connectivity index (χ1) is 9.26. The molecule has 0 saturated carbocycles. The summed E-state index contributed by atoms with van der Waals surface area (Å²) in [5.41, 5.74) is 0.528. The van der Waals surface area contributed by atoms with Crippen LogP contribution in [0.15, 0.2) is 29.2 Å². The van der Waals surface area contributed by atoms with Crippen molar-refractivity contribution in [2.45, 2.75) is 27.7 Å². The molecule has 0 unspecified atom stereocenters. The largest absolute Gasteiger partial charge is 0.497 e. The molecule has 0 radical (unpaired) electrons. The first-order valence-electron chi connectivity index (χ1n) is 6.36. The first kappa shape index (κ1) is 16.7. The molecule has 1 N–H and O–H groups in total. The maximum Gasteiger partial charge on any atom is 0.207 e. The fraction of sp³-hybridized carbons (Fsp3) is 0.333. The molecule has 102 valence electrons. The van der Waals surface area contributed by atoms with E-state index in [0.717, 1.165) is 0 Å². The summed E-state index contributed by atoms with van der Waals surface area (Å²) in [5.74, 6) is 0.669. The van der Waals surface area contributed by atoms with Crippen LogP contribution in [0, 0.1) is 11.3 Å². The van der Waals surface area contributed by atoms with E-state index in [-0.39, 0.29) is 11.0 Å². The van der Waals surface area contributed by atoms with E-state index in [1.807, 2.05) is 33.8 Å². The molecule has 0 bridgehead atoms. The SMILES string of the molecule is CC.CC.COc1ccc2c(=O)c(C#N)c[nH]c2c1. The smallest absolute Gasteiger partial charge is 0.207 e. The van der Waals surface area contributed by atoms with E-state index in [4.69, 9.17) is 10.00 Å². The highest BCUT2D eigenvalue weighted by Gasteiger charge is 2.04. The highest BCUT2D eigenvalue weighted by atomic mass is 16.5. The molecule has 2 aromatic rings. The topological polar surface area (TPSA) is 65.9 Å². The third-order valence-electron chi connectivity index (χ3n) is 2.21. The van der Waals surface area contributed by atoms with E-state index in [1.54, 1.807) is 25.3 Å². The Labute approximate surface area is 113 Å². The summed E-state index contributed by atoms with van der Waals surface area (Å²) in [7, 11) is 1.56. The molecule has 0 fully saturated rings. The van der Waals surface area contributed by atoms with Crippen LogP contribution in [0.3, 0.4) is 0 Å². The zero-order chi connectivity index (χ0) is 14.8. The number of aromatic nitrogens is 1. The van der Waals surface area contributed by atoms with E-state index >= 15 is 0 Å². The predicted octanol–water partition coefficient (Wildman–Crippen LogP) is 3.46. The molecule has 4 nitrogen and oxygen atoms in total. The third kappa shape index (κ3) is 3.85. The fourth-order valence-corrected chi connectivity index (χ4v) is 1.41. The number of hydrogen-bond donors (Lipinski definition) is 1.